The van der Waals surface area contributed by atoms with Crippen LogP contribution >= 0.6 is 0 Å². The first-order chi connectivity index (χ1) is 15.9. The minimum atomic E-state index is 0.0870. The van der Waals surface area contributed by atoms with Crippen LogP contribution in [0.4, 0.5) is 0 Å². The van der Waals surface area contributed by atoms with Crippen LogP contribution in [0.2, 0.25) is 0 Å². The Balaban J connectivity index is 0.000000186. The van der Waals surface area contributed by atoms with Crippen LogP contribution < -0.4 is 5.32 Å². The van der Waals surface area contributed by atoms with Gasteiger partial charge in [-0.2, -0.15) is 0 Å². The highest BCUT2D eigenvalue weighted by atomic mass is 16.3. The van der Waals surface area contributed by atoms with Gasteiger partial charge in [-0.25, -0.2) is 0 Å². The van der Waals surface area contributed by atoms with Crippen LogP contribution in [0.25, 0.3) is 11.1 Å². The number of likely N-dealkylation sites (N-methyl/N-ethyl adjacent to an activating group) is 2. The molecule has 0 aliphatic heterocycles. The molecule has 0 radical (unpaired) electrons. The van der Waals surface area contributed by atoms with Gasteiger partial charge in [0.15, 0.2) is 6.29 Å². The van der Waals surface area contributed by atoms with E-state index in [-0.39, 0.29) is 17.0 Å². The lowest BCUT2D eigenvalue weighted by Gasteiger charge is -2.43. The Kier molecular flexibility index (Phi) is 8.26. The van der Waals surface area contributed by atoms with E-state index in [1.807, 2.05) is 0 Å². The molecule has 1 aliphatic rings. The quantitative estimate of drug-likeness (QED) is 0.442. The standard InChI is InChI=1S/C15H24N2.C13H10O3/c1-16-14(13-9-5-4-6-10-13)15(17(2)3)11-7-8-12-15;14-8-10-4-5-12(16)7-13(10)9-2-1-3-11(15)6-9/h4-6,9-10,14,16H,7-8,11-12H2,1-3H3;1-8,15-16H. The van der Waals surface area contributed by atoms with Gasteiger partial charge in [0.25, 0.3) is 0 Å². The summed E-state index contributed by atoms with van der Waals surface area (Å²) in [5.74, 6) is 0.210. The molecule has 4 rings (SSSR count). The molecule has 3 aromatic carbocycles. The van der Waals surface area contributed by atoms with Crippen molar-refractivity contribution in [2.24, 2.45) is 0 Å². The highest BCUT2D eigenvalue weighted by Crippen LogP contribution is 2.43. The number of aldehydes is 1. The molecular formula is C28H34N2O3. The van der Waals surface area contributed by atoms with Crippen LogP contribution in [0.3, 0.4) is 0 Å². The van der Waals surface area contributed by atoms with Gasteiger partial charge in [0, 0.05) is 11.1 Å². The van der Waals surface area contributed by atoms with Gasteiger partial charge in [-0.1, -0.05) is 55.3 Å². The Morgan fingerprint density at radius 1 is 0.909 bits per heavy atom. The summed E-state index contributed by atoms with van der Waals surface area (Å²) in [5, 5.41) is 22.3. The third-order valence-electron chi connectivity index (χ3n) is 6.64. The molecule has 3 N–H and O–H groups in total. The van der Waals surface area contributed by atoms with Crippen molar-refractivity contribution >= 4 is 6.29 Å². The lowest BCUT2D eigenvalue weighted by molar-refractivity contribution is 0.108. The van der Waals surface area contributed by atoms with Crippen molar-refractivity contribution in [3.8, 4) is 22.6 Å². The smallest absolute Gasteiger partial charge is 0.150 e. The maximum Gasteiger partial charge on any atom is 0.150 e. The molecule has 33 heavy (non-hydrogen) atoms. The maximum absolute atomic E-state index is 10.9. The molecule has 1 aliphatic carbocycles. The largest absolute Gasteiger partial charge is 0.508 e. The molecule has 1 atom stereocenters. The summed E-state index contributed by atoms with van der Waals surface area (Å²) in [5.41, 5.74) is 3.47. The maximum atomic E-state index is 10.9. The number of phenols is 2. The number of carbonyl (C=O) groups excluding carboxylic acids is 1. The lowest BCUT2D eigenvalue weighted by Crippen LogP contribution is -2.51. The van der Waals surface area contributed by atoms with Crippen LogP contribution in [-0.2, 0) is 0 Å². The van der Waals surface area contributed by atoms with Crippen LogP contribution in [-0.4, -0.2) is 48.1 Å². The first-order valence-electron chi connectivity index (χ1n) is 11.4. The Morgan fingerprint density at radius 3 is 2.15 bits per heavy atom. The third kappa shape index (κ3) is 5.62. The number of hydrogen-bond acceptors (Lipinski definition) is 5. The molecule has 174 valence electrons. The van der Waals surface area contributed by atoms with Gasteiger partial charge in [0.1, 0.15) is 11.5 Å². The van der Waals surface area contributed by atoms with Crippen LogP contribution in [0.5, 0.6) is 11.5 Å². The van der Waals surface area contributed by atoms with Crippen LogP contribution in [0, 0.1) is 0 Å². The second-order valence-electron chi connectivity index (χ2n) is 8.78. The molecular weight excluding hydrogens is 412 g/mol. The first kappa shape index (κ1) is 24.5. The van der Waals surface area contributed by atoms with E-state index >= 15 is 0 Å². The molecule has 5 nitrogen and oxygen atoms in total. The number of rotatable bonds is 6. The zero-order valence-corrected chi connectivity index (χ0v) is 19.7. The summed E-state index contributed by atoms with van der Waals surface area (Å²) < 4.78 is 0. The predicted molar refractivity (Wildman–Crippen MR) is 134 cm³/mol. The predicted octanol–water partition coefficient (Wildman–Crippen LogP) is 5.40. The summed E-state index contributed by atoms with van der Waals surface area (Å²) in [4.78, 5) is 13.3. The Hall–Kier alpha value is -3.15. The summed E-state index contributed by atoms with van der Waals surface area (Å²) in [6.45, 7) is 0. The number of hydrogen-bond donors (Lipinski definition) is 3. The van der Waals surface area contributed by atoms with Crippen LogP contribution in [0.1, 0.15) is 47.6 Å². The van der Waals surface area contributed by atoms with Crippen molar-refractivity contribution in [3.63, 3.8) is 0 Å². The molecule has 0 heterocycles. The number of carbonyl (C=O) groups is 1. The molecule has 0 bridgehead atoms. The summed E-state index contributed by atoms with van der Waals surface area (Å²) in [7, 11) is 6.53. The van der Waals surface area contributed by atoms with E-state index in [9.17, 15) is 15.0 Å². The second kappa shape index (κ2) is 11.1. The van der Waals surface area contributed by atoms with Crippen molar-refractivity contribution in [1.82, 2.24) is 10.2 Å². The molecule has 3 aromatic rings. The highest BCUT2D eigenvalue weighted by molar-refractivity contribution is 5.88. The molecule has 0 saturated heterocycles. The van der Waals surface area contributed by atoms with Gasteiger partial charge in [-0.05, 0) is 81.0 Å². The van der Waals surface area contributed by atoms with Crippen molar-refractivity contribution in [2.45, 2.75) is 37.3 Å². The van der Waals surface area contributed by atoms with Gasteiger partial charge in [-0.3, -0.25) is 4.79 Å². The minimum absolute atomic E-state index is 0.0870. The average Bonchev–Trinajstić information content (AvgIpc) is 3.32. The van der Waals surface area contributed by atoms with Gasteiger partial charge in [0.2, 0.25) is 0 Å². The highest BCUT2D eigenvalue weighted by Gasteiger charge is 2.43. The zero-order chi connectivity index (χ0) is 23.8. The fraction of sp³-hybridized carbons (Fsp3) is 0.321. The molecule has 1 saturated carbocycles. The van der Waals surface area contributed by atoms with E-state index in [1.54, 1.807) is 30.3 Å². The van der Waals surface area contributed by atoms with E-state index in [2.05, 4.69) is 61.7 Å². The monoisotopic (exact) mass is 446 g/mol. The van der Waals surface area contributed by atoms with Crippen molar-refractivity contribution in [3.05, 3.63) is 83.9 Å². The summed E-state index contributed by atoms with van der Waals surface area (Å²) >= 11 is 0. The van der Waals surface area contributed by atoms with Crippen LogP contribution in [0.15, 0.2) is 72.8 Å². The topological polar surface area (TPSA) is 72.8 Å². The minimum Gasteiger partial charge on any atom is -0.508 e. The van der Waals surface area contributed by atoms with E-state index in [1.165, 1.54) is 43.4 Å². The van der Waals surface area contributed by atoms with Gasteiger partial charge >= 0.3 is 0 Å². The number of benzene rings is 3. The molecule has 1 unspecified atom stereocenters. The van der Waals surface area contributed by atoms with Crippen molar-refractivity contribution in [1.29, 1.82) is 0 Å². The van der Waals surface area contributed by atoms with Gasteiger partial charge in [0.05, 0.1) is 6.04 Å². The first-order valence-corrected chi connectivity index (χ1v) is 11.4. The molecule has 0 spiro atoms. The number of phenolic OH excluding ortho intramolecular Hbond substituents is 2. The number of nitrogens with zero attached hydrogens (tertiary/aromatic N) is 1. The molecule has 1 fully saturated rings. The fourth-order valence-corrected chi connectivity index (χ4v) is 4.94. The SMILES string of the molecule is CNC(c1ccccc1)C1(N(C)C)CCCC1.O=Cc1ccc(O)cc1-c1cccc(O)c1. The van der Waals surface area contributed by atoms with Gasteiger partial charge in [-0.15, -0.1) is 0 Å². The van der Waals surface area contributed by atoms with Gasteiger partial charge < -0.3 is 20.4 Å². The summed E-state index contributed by atoms with van der Waals surface area (Å²) in [6, 6.07) is 22.3. The Labute approximate surface area is 196 Å². The lowest BCUT2D eigenvalue weighted by atomic mass is 9.82. The Bertz CT molecular complexity index is 1040. The normalized spacial score (nSPS) is 15.5. The van der Waals surface area contributed by atoms with Crippen molar-refractivity contribution < 1.29 is 15.0 Å². The van der Waals surface area contributed by atoms with E-state index in [0.29, 0.717) is 22.7 Å². The summed E-state index contributed by atoms with van der Waals surface area (Å²) in [6.07, 6.45) is 6.01. The molecule has 0 aromatic heterocycles. The van der Waals surface area contributed by atoms with Crippen molar-refractivity contribution in [2.75, 3.05) is 21.1 Å². The van der Waals surface area contributed by atoms with E-state index in [4.69, 9.17) is 0 Å². The third-order valence-corrected chi connectivity index (χ3v) is 6.64. The zero-order valence-electron chi connectivity index (χ0n) is 19.7. The number of aromatic hydroxyl groups is 2. The second-order valence-corrected chi connectivity index (χ2v) is 8.78. The van der Waals surface area contributed by atoms with E-state index < -0.39 is 0 Å². The molecule has 5 heteroatoms. The fourth-order valence-electron chi connectivity index (χ4n) is 4.94. The average molecular weight is 447 g/mol. The molecule has 0 amide bonds. The number of nitrogens with one attached hydrogen (secondary N) is 1. The Morgan fingerprint density at radius 2 is 1.58 bits per heavy atom. The van der Waals surface area contributed by atoms with E-state index in [0.717, 1.165) is 6.29 Å².